The zero-order chi connectivity index (χ0) is 12.6. The van der Waals surface area contributed by atoms with Gasteiger partial charge in [-0.2, -0.15) is 0 Å². The van der Waals surface area contributed by atoms with Gasteiger partial charge in [-0.15, -0.1) is 0 Å². The summed E-state index contributed by atoms with van der Waals surface area (Å²) < 4.78 is 6.87. The summed E-state index contributed by atoms with van der Waals surface area (Å²) in [6.45, 7) is 3.83. The molecule has 0 saturated carbocycles. The zero-order valence-electron chi connectivity index (χ0n) is 10.4. The van der Waals surface area contributed by atoms with Gasteiger partial charge in [0.15, 0.2) is 5.13 Å². The molecule has 1 aliphatic rings. The van der Waals surface area contributed by atoms with E-state index in [4.69, 9.17) is 10.5 Å². The second kappa shape index (κ2) is 4.40. The molecule has 3 N–H and O–H groups in total. The lowest BCUT2D eigenvalue weighted by atomic mass is 10.0. The van der Waals surface area contributed by atoms with E-state index in [1.807, 2.05) is 18.2 Å². The quantitative estimate of drug-likeness (QED) is 0.836. The Morgan fingerprint density at radius 3 is 3.22 bits per heavy atom. The van der Waals surface area contributed by atoms with Crippen molar-refractivity contribution in [2.24, 2.45) is 0 Å². The van der Waals surface area contributed by atoms with Crippen molar-refractivity contribution < 1.29 is 4.74 Å². The highest BCUT2D eigenvalue weighted by Crippen LogP contribution is 2.30. The number of thiazole rings is 1. The fraction of sp³-hybridized carbons (Fsp3) is 0.462. The first-order valence-electron chi connectivity index (χ1n) is 6.19. The molecule has 0 aliphatic carbocycles. The molecule has 1 aliphatic heterocycles. The Hall–Kier alpha value is -1.33. The average Bonchev–Trinajstić information content (AvgIpc) is 2.93. The summed E-state index contributed by atoms with van der Waals surface area (Å²) in [5, 5.41) is 4.31. The number of hydrogen-bond acceptors (Lipinski definition) is 5. The van der Waals surface area contributed by atoms with E-state index in [1.54, 1.807) is 11.3 Å². The van der Waals surface area contributed by atoms with Crippen LogP contribution in [0.3, 0.4) is 0 Å². The van der Waals surface area contributed by atoms with Crippen LogP contribution in [0.4, 0.5) is 10.8 Å². The van der Waals surface area contributed by atoms with Gasteiger partial charge in [0.1, 0.15) is 0 Å². The van der Waals surface area contributed by atoms with Crippen molar-refractivity contribution in [2.45, 2.75) is 25.4 Å². The third-order valence-corrected chi connectivity index (χ3v) is 4.30. The van der Waals surface area contributed by atoms with E-state index < -0.39 is 0 Å². The molecular weight excluding hydrogens is 246 g/mol. The largest absolute Gasteiger partial charge is 0.399 e. The van der Waals surface area contributed by atoms with Crippen LogP contribution in [0.1, 0.15) is 19.8 Å². The Balaban J connectivity index is 1.74. The van der Waals surface area contributed by atoms with Crippen LogP contribution in [-0.4, -0.2) is 23.7 Å². The molecule has 5 heteroatoms. The number of nitrogens with one attached hydrogen (secondary N) is 1. The highest BCUT2D eigenvalue weighted by atomic mass is 32.1. The van der Waals surface area contributed by atoms with Crippen molar-refractivity contribution in [3.63, 3.8) is 0 Å². The maximum atomic E-state index is 5.77. The number of nitrogens with two attached hydrogens (primary N) is 1. The molecular formula is C13H17N3OS. The number of fused-ring (bicyclic) bond motifs is 1. The Morgan fingerprint density at radius 2 is 2.44 bits per heavy atom. The minimum absolute atomic E-state index is 0.0448. The highest BCUT2D eigenvalue weighted by molar-refractivity contribution is 7.22. The van der Waals surface area contributed by atoms with Crippen molar-refractivity contribution in [3.05, 3.63) is 18.2 Å². The van der Waals surface area contributed by atoms with Gasteiger partial charge in [-0.05, 0) is 38.0 Å². The van der Waals surface area contributed by atoms with E-state index in [9.17, 15) is 0 Å². The second-order valence-electron chi connectivity index (χ2n) is 5.00. The first-order chi connectivity index (χ1) is 8.65. The van der Waals surface area contributed by atoms with E-state index in [0.717, 1.165) is 47.0 Å². The van der Waals surface area contributed by atoms with Gasteiger partial charge in [-0.3, -0.25) is 0 Å². The minimum atomic E-state index is -0.0448. The van der Waals surface area contributed by atoms with Crippen molar-refractivity contribution in [3.8, 4) is 0 Å². The van der Waals surface area contributed by atoms with E-state index in [1.165, 1.54) is 0 Å². The SMILES string of the molecule is CC1(CNc2nc3ccc(N)cc3s2)CCCO1. The summed E-state index contributed by atoms with van der Waals surface area (Å²) in [7, 11) is 0. The maximum absolute atomic E-state index is 5.77. The van der Waals surface area contributed by atoms with E-state index in [0.29, 0.717) is 0 Å². The van der Waals surface area contributed by atoms with Crippen LogP contribution in [0, 0.1) is 0 Å². The van der Waals surface area contributed by atoms with Crippen LogP contribution >= 0.6 is 11.3 Å². The van der Waals surface area contributed by atoms with Crippen molar-refractivity contribution in [2.75, 3.05) is 24.2 Å². The number of hydrogen-bond donors (Lipinski definition) is 2. The fourth-order valence-electron chi connectivity index (χ4n) is 2.26. The molecule has 0 bridgehead atoms. The molecule has 18 heavy (non-hydrogen) atoms. The molecule has 1 fully saturated rings. The minimum Gasteiger partial charge on any atom is -0.399 e. The van der Waals surface area contributed by atoms with E-state index in [2.05, 4.69) is 17.2 Å². The number of anilines is 2. The lowest BCUT2D eigenvalue weighted by Crippen LogP contribution is -2.32. The summed E-state index contributed by atoms with van der Waals surface area (Å²) >= 11 is 1.64. The molecule has 3 rings (SSSR count). The third kappa shape index (κ3) is 2.28. The van der Waals surface area contributed by atoms with Gasteiger partial charge < -0.3 is 15.8 Å². The van der Waals surface area contributed by atoms with Gasteiger partial charge in [0.25, 0.3) is 0 Å². The van der Waals surface area contributed by atoms with Gasteiger partial charge in [-0.25, -0.2) is 4.98 Å². The van der Waals surface area contributed by atoms with Crippen LogP contribution < -0.4 is 11.1 Å². The predicted molar refractivity (Wildman–Crippen MR) is 76.1 cm³/mol. The zero-order valence-corrected chi connectivity index (χ0v) is 11.2. The molecule has 1 atom stereocenters. The molecule has 96 valence electrons. The Bertz CT molecular complexity index is 560. The first kappa shape index (κ1) is 11.7. The summed E-state index contributed by atoms with van der Waals surface area (Å²) in [6, 6.07) is 5.80. The second-order valence-corrected chi connectivity index (χ2v) is 6.03. The number of benzene rings is 1. The summed E-state index contributed by atoms with van der Waals surface area (Å²) in [6.07, 6.45) is 2.26. The molecule has 0 amide bonds. The lowest BCUT2D eigenvalue weighted by Gasteiger charge is -2.22. The molecule has 2 aromatic rings. The van der Waals surface area contributed by atoms with Crippen molar-refractivity contribution in [1.82, 2.24) is 4.98 Å². The molecule has 0 radical (unpaired) electrons. The molecule has 1 aromatic carbocycles. The molecule has 0 spiro atoms. The van der Waals surface area contributed by atoms with Crippen molar-refractivity contribution >= 4 is 32.4 Å². The van der Waals surface area contributed by atoms with Crippen LogP contribution in [-0.2, 0) is 4.74 Å². The molecule has 1 aromatic heterocycles. The molecule has 1 saturated heterocycles. The fourth-order valence-corrected chi connectivity index (χ4v) is 3.17. The number of nitrogens with zero attached hydrogens (tertiary/aromatic N) is 1. The first-order valence-corrected chi connectivity index (χ1v) is 7.00. The van der Waals surface area contributed by atoms with Crippen LogP contribution in [0.5, 0.6) is 0 Å². The van der Waals surface area contributed by atoms with Gasteiger partial charge in [-0.1, -0.05) is 11.3 Å². The van der Waals surface area contributed by atoms with Crippen LogP contribution in [0.15, 0.2) is 18.2 Å². The number of aromatic nitrogens is 1. The highest BCUT2D eigenvalue weighted by Gasteiger charge is 2.29. The normalized spacial score (nSPS) is 23.6. The molecule has 2 heterocycles. The Labute approximate surface area is 110 Å². The predicted octanol–water partition coefficient (Wildman–Crippen LogP) is 2.86. The standard InChI is InChI=1S/C13H17N3OS/c1-13(5-2-6-17-13)8-15-12-16-10-4-3-9(14)7-11(10)18-12/h3-4,7H,2,5-6,8,14H2,1H3,(H,15,16). The van der Waals surface area contributed by atoms with Gasteiger partial charge in [0.2, 0.25) is 0 Å². The number of ether oxygens (including phenoxy) is 1. The van der Waals surface area contributed by atoms with Gasteiger partial charge in [0, 0.05) is 18.8 Å². The lowest BCUT2D eigenvalue weighted by molar-refractivity contribution is 0.0315. The Kier molecular flexibility index (Phi) is 2.87. The summed E-state index contributed by atoms with van der Waals surface area (Å²) in [5.74, 6) is 0. The summed E-state index contributed by atoms with van der Waals surface area (Å²) in [4.78, 5) is 4.54. The Morgan fingerprint density at radius 1 is 1.56 bits per heavy atom. The van der Waals surface area contributed by atoms with Crippen LogP contribution in [0.2, 0.25) is 0 Å². The number of rotatable bonds is 3. The van der Waals surface area contributed by atoms with E-state index in [-0.39, 0.29) is 5.60 Å². The third-order valence-electron chi connectivity index (χ3n) is 3.33. The molecule has 1 unspecified atom stereocenters. The average molecular weight is 263 g/mol. The number of nitrogen functional groups attached to an aromatic ring is 1. The topological polar surface area (TPSA) is 60.2 Å². The van der Waals surface area contributed by atoms with Crippen molar-refractivity contribution in [1.29, 1.82) is 0 Å². The summed E-state index contributed by atoms with van der Waals surface area (Å²) in [5.41, 5.74) is 7.50. The maximum Gasteiger partial charge on any atom is 0.183 e. The molecule has 4 nitrogen and oxygen atoms in total. The van der Waals surface area contributed by atoms with E-state index >= 15 is 0 Å². The van der Waals surface area contributed by atoms with Gasteiger partial charge >= 0.3 is 0 Å². The van der Waals surface area contributed by atoms with Crippen LogP contribution in [0.25, 0.3) is 10.2 Å². The smallest absolute Gasteiger partial charge is 0.183 e. The monoisotopic (exact) mass is 263 g/mol. The van der Waals surface area contributed by atoms with Gasteiger partial charge in [0.05, 0.1) is 15.8 Å².